The smallest absolute Gasteiger partial charge is 0.358 e. The lowest BCUT2D eigenvalue weighted by molar-refractivity contribution is -0.392. The van der Waals surface area contributed by atoms with E-state index in [9.17, 15) is 36.9 Å². The first kappa shape index (κ1) is 18.1. The van der Waals surface area contributed by atoms with Crippen molar-refractivity contribution in [1.82, 2.24) is 4.57 Å². The fraction of sp³-hybridized carbons (Fsp3) is 0.583. The molecule has 0 N–H and O–H groups in total. The molecule has 0 aliphatic carbocycles. The number of rotatable bonds is 7. The summed E-state index contributed by atoms with van der Waals surface area (Å²) in [5.74, 6) is -6.30. The van der Waals surface area contributed by atoms with Crippen molar-refractivity contribution in [3.8, 4) is 0 Å². The summed E-state index contributed by atoms with van der Waals surface area (Å²) in [6, 6.07) is 2.55. The Labute approximate surface area is 121 Å². The average Bonchev–Trinajstić information content (AvgIpc) is 2.78. The van der Waals surface area contributed by atoms with Crippen molar-refractivity contribution >= 4 is 11.6 Å². The molecule has 1 aromatic heterocycles. The maximum absolute atomic E-state index is 12.7. The SMILES string of the molecule is CCc1ccc([N+](=O)[O-])n1CC(=O)CCC(F)(F)C(F)(F)F. The number of nitro groups is 1. The summed E-state index contributed by atoms with van der Waals surface area (Å²) in [6.07, 6.45) is -8.07. The number of halogens is 5. The zero-order valence-corrected chi connectivity index (χ0v) is 11.5. The molecule has 0 fully saturated rings. The molecule has 1 heterocycles. The highest BCUT2D eigenvalue weighted by molar-refractivity contribution is 5.78. The Balaban J connectivity index is 2.78. The molecule has 124 valence electrons. The molecule has 0 saturated heterocycles. The highest BCUT2D eigenvalue weighted by Crippen LogP contribution is 2.38. The monoisotopic (exact) mass is 328 g/mol. The number of carbonyl (C=O) groups is 1. The quantitative estimate of drug-likeness (QED) is 0.437. The van der Waals surface area contributed by atoms with Gasteiger partial charge in [-0.1, -0.05) is 6.92 Å². The number of alkyl halides is 5. The lowest BCUT2D eigenvalue weighted by atomic mass is 10.1. The van der Waals surface area contributed by atoms with Crippen LogP contribution in [-0.4, -0.2) is 27.4 Å². The third kappa shape index (κ3) is 4.01. The number of carbonyl (C=O) groups excluding carboxylic acids is 1. The third-order valence-corrected chi connectivity index (χ3v) is 3.06. The maximum Gasteiger partial charge on any atom is 0.453 e. The fourth-order valence-electron chi connectivity index (χ4n) is 1.84. The van der Waals surface area contributed by atoms with Gasteiger partial charge >= 0.3 is 17.9 Å². The molecular formula is C12H13F5N2O3. The number of aryl methyl sites for hydroxylation is 1. The van der Waals surface area contributed by atoms with Gasteiger partial charge in [0.05, 0.1) is 0 Å². The van der Waals surface area contributed by atoms with Gasteiger partial charge in [-0.05, 0) is 11.0 Å². The molecule has 0 spiro atoms. The Bertz CT molecular complexity index is 566. The van der Waals surface area contributed by atoms with Crippen LogP contribution in [0.25, 0.3) is 0 Å². The minimum absolute atomic E-state index is 0.347. The van der Waals surface area contributed by atoms with Gasteiger partial charge in [-0.15, -0.1) is 0 Å². The first-order chi connectivity index (χ1) is 9.99. The van der Waals surface area contributed by atoms with Crippen LogP contribution in [0.3, 0.4) is 0 Å². The summed E-state index contributed by atoms with van der Waals surface area (Å²) < 4.78 is 62.5. The van der Waals surface area contributed by atoms with Gasteiger partial charge in [0.15, 0.2) is 5.78 Å². The van der Waals surface area contributed by atoms with Crippen molar-refractivity contribution in [3.63, 3.8) is 0 Å². The second kappa shape index (κ2) is 6.41. The van der Waals surface area contributed by atoms with Gasteiger partial charge in [-0.2, -0.15) is 22.0 Å². The molecule has 0 aliphatic rings. The van der Waals surface area contributed by atoms with E-state index in [0.29, 0.717) is 12.1 Å². The highest BCUT2D eigenvalue weighted by atomic mass is 19.4. The Morgan fingerprint density at radius 2 is 1.86 bits per heavy atom. The van der Waals surface area contributed by atoms with Crippen LogP contribution in [0, 0.1) is 10.1 Å². The molecule has 0 radical (unpaired) electrons. The van der Waals surface area contributed by atoms with Gasteiger partial charge in [-0.3, -0.25) is 4.79 Å². The zero-order chi connectivity index (χ0) is 17.1. The summed E-state index contributed by atoms with van der Waals surface area (Å²) >= 11 is 0. The van der Waals surface area contributed by atoms with Crippen molar-refractivity contribution in [1.29, 1.82) is 0 Å². The fourth-order valence-corrected chi connectivity index (χ4v) is 1.84. The van der Waals surface area contributed by atoms with Crippen LogP contribution >= 0.6 is 0 Å². The third-order valence-electron chi connectivity index (χ3n) is 3.06. The Morgan fingerprint density at radius 3 is 2.32 bits per heavy atom. The van der Waals surface area contributed by atoms with Crippen LogP contribution in [0.1, 0.15) is 25.5 Å². The minimum Gasteiger partial charge on any atom is -0.358 e. The van der Waals surface area contributed by atoms with E-state index in [-0.39, 0.29) is 0 Å². The van der Waals surface area contributed by atoms with Gasteiger partial charge in [0, 0.05) is 25.3 Å². The summed E-state index contributed by atoms with van der Waals surface area (Å²) in [5, 5.41) is 10.8. The largest absolute Gasteiger partial charge is 0.453 e. The maximum atomic E-state index is 12.7. The van der Waals surface area contributed by atoms with Crippen molar-refractivity contribution < 1.29 is 31.7 Å². The minimum atomic E-state index is -5.72. The Hall–Kier alpha value is -2.00. The van der Waals surface area contributed by atoms with Crippen molar-refractivity contribution in [3.05, 3.63) is 27.9 Å². The van der Waals surface area contributed by atoms with E-state index in [4.69, 9.17) is 0 Å². The number of Topliss-reactive ketones (excluding diaryl/α,β-unsaturated/α-hetero) is 1. The number of ketones is 1. The van der Waals surface area contributed by atoms with Crippen molar-refractivity contribution in [2.24, 2.45) is 0 Å². The first-order valence-corrected chi connectivity index (χ1v) is 6.28. The number of hydrogen-bond donors (Lipinski definition) is 0. The van der Waals surface area contributed by atoms with Gasteiger partial charge < -0.3 is 10.1 Å². The van der Waals surface area contributed by atoms with Crippen LogP contribution in [0.5, 0.6) is 0 Å². The predicted molar refractivity (Wildman–Crippen MR) is 65.7 cm³/mol. The number of hydrogen-bond acceptors (Lipinski definition) is 3. The topological polar surface area (TPSA) is 65.1 Å². The lowest BCUT2D eigenvalue weighted by Gasteiger charge is -2.18. The van der Waals surface area contributed by atoms with Gasteiger partial charge in [-0.25, -0.2) is 4.57 Å². The average molecular weight is 328 g/mol. The van der Waals surface area contributed by atoms with E-state index in [1.807, 2.05) is 0 Å². The summed E-state index contributed by atoms with van der Waals surface area (Å²) in [6.45, 7) is 1.05. The molecule has 0 amide bonds. The Morgan fingerprint density at radius 1 is 1.27 bits per heavy atom. The van der Waals surface area contributed by atoms with Crippen LogP contribution in [-0.2, 0) is 17.8 Å². The summed E-state index contributed by atoms with van der Waals surface area (Å²) in [7, 11) is 0. The van der Waals surface area contributed by atoms with Crippen molar-refractivity contribution in [2.45, 2.75) is 44.8 Å². The Kier molecular flexibility index (Phi) is 5.26. The van der Waals surface area contributed by atoms with E-state index in [2.05, 4.69) is 0 Å². The van der Waals surface area contributed by atoms with Gasteiger partial charge in [0.1, 0.15) is 12.2 Å². The van der Waals surface area contributed by atoms with Crippen LogP contribution in [0.4, 0.5) is 27.8 Å². The van der Waals surface area contributed by atoms with Crippen LogP contribution in [0.2, 0.25) is 0 Å². The molecule has 0 saturated carbocycles. The molecule has 0 aliphatic heterocycles. The van der Waals surface area contributed by atoms with E-state index in [0.717, 1.165) is 10.6 Å². The first-order valence-electron chi connectivity index (χ1n) is 6.28. The molecule has 0 unspecified atom stereocenters. The van der Waals surface area contributed by atoms with Gasteiger partial charge in [0.2, 0.25) is 0 Å². The standard InChI is InChI=1S/C12H13F5N2O3/c1-2-8-3-4-10(19(21)22)18(8)7-9(20)5-6-11(13,14)12(15,16)17/h3-4H,2,5-7H2,1H3. The van der Waals surface area contributed by atoms with E-state index in [1.165, 1.54) is 6.07 Å². The zero-order valence-electron chi connectivity index (χ0n) is 11.5. The number of nitrogens with zero attached hydrogens (tertiary/aromatic N) is 2. The molecule has 0 bridgehead atoms. The molecule has 5 nitrogen and oxygen atoms in total. The molecule has 10 heteroatoms. The van der Waals surface area contributed by atoms with Crippen molar-refractivity contribution in [2.75, 3.05) is 0 Å². The second-order valence-electron chi connectivity index (χ2n) is 4.62. The van der Waals surface area contributed by atoms with E-state index in [1.54, 1.807) is 6.92 Å². The van der Waals surface area contributed by atoms with Gasteiger partial charge in [0.25, 0.3) is 0 Å². The van der Waals surface area contributed by atoms with Crippen LogP contribution < -0.4 is 0 Å². The molecule has 0 atom stereocenters. The second-order valence-corrected chi connectivity index (χ2v) is 4.62. The molecular weight excluding hydrogens is 315 g/mol. The summed E-state index contributed by atoms with van der Waals surface area (Å²) in [5.41, 5.74) is 0.419. The van der Waals surface area contributed by atoms with Crippen LogP contribution in [0.15, 0.2) is 12.1 Å². The highest BCUT2D eigenvalue weighted by Gasteiger charge is 2.56. The van der Waals surface area contributed by atoms with E-state index >= 15 is 0 Å². The molecule has 0 aromatic carbocycles. The summed E-state index contributed by atoms with van der Waals surface area (Å²) in [4.78, 5) is 21.6. The predicted octanol–water partition coefficient (Wildman–Crippen LogP) is 3.51. The normalized spacial score (nSPS) is 12.5. The lowest BCUT2D eigenvalue weighted by Crippen LogP contribution is -2.36. The van der Waals surface area contributed by atoms with E-state index < -0.39 is 48.0 Å². The number of aromatic nitrogens is 1. The molecule has 1 aromatic rings. The molecule has 1 rings (SSSR count). The molecule has 22 heavy (non-hydrogen) atoms.